The molecule has 0 amide bonds. The summed E-state index contributed by atoms with van der Waals surface area (Å²) in [6, 6.07) is -0.317. The van der Waals surface area contributed by atoms with Crippen LogP contribution in [0.15, 0.2) is 0 Å². The molecule has 0 heterocycles. The Kier molecular flexibility index (Phi) is 6.20. The normalized spacial score (nSPS) is 13.3. The fraction of sp³-hybridized carbons (Fsp3) is 0.875. The van der Waals surface area contributed by atoms with E-state index in [1.54, 1.807) is 11.8 Å². The lowest BCUT2D eigenvalue weighted by Gasteiger charge is -2.22. The summed E-state index contributed by atoms with van der Waals surface area (Å²) in [5.74, 6) is 0.190. The van der Waals surface area contributed by atoms with Crippen molar-refractivity contribution in [3.63, 3.8) is 0 Å². The van der Waals surface area contributed by atoms with Gasteiger partial charge in [0, 0.05) is 0 Å². The summed E-state index contributed by atoms with van der Waals surface area (Å²) >= 11 is 1.69. The van der Waals surface area contributed by atoms with Crippen LogP contribution in [0.25, 0.3) is 0 Å². The Morgan fingerprint density at radius 2 is 2.25 bits per heavy atom. The van der Waals surface area contributed by atoms with Crippen LogP contribution < -0.4 is 0 Å². The highest BCUT2D eigenvalue weighted by atomic mass is 32.2. The third-order valence-electron chi connectivity index (χ3n) is 1.91. The molecule has 0 aromatic rings. The highest BCUT2D eigenvalue weighted by Gasteiger charge is 2.20. The SMILES string of the molecule is CCN(C)C(CCSC)C(=O)O. The molecule has 0 bridgehead atoms. The lowest BCUT2D eigenvalue weighted by atomic mass is 10.2. The van der Waals surface area contributed by atoms with Gasteiger partial charge >= 0.3 is 5.97 Å². The van der Waals surface area contributed by atoms with E-state index >= 15 is 0 Å². The standard InChI is InChI=1S/C8H17NO2S/c1-4-9(2)7(8(10)11)5-6-12-3/h7H,4-6H2,1-3H3,(H,10,11). The molecule has 4 heteroatoms. The van der Waals surface area contributed by atoms with E-state index in [1.165, 1.54) is 0 Å². The second-order valence-electron chi connectivity index (χ2n) is 2.71. The Morgan fingerprint density at radius 3 is 2.58 bits per heavy atom. The smallest absolute Gasteiger partial charge is 0.320 e. The van der Waals surface area contributed by atoms with E-state index in [9.17, 15) is 4.79 Å². The third kappa shape index (κ3) is 3.97. The van der Waals surface area contributed by atoms with Gasteiger partial charge in [-0.05, 0) is 32.0 Å². The van der Waals surface area contributed by atoms with Crippen LogP contribution in [0.1, 0.15) is 13.3 Å². The highest BCUT2D eigenvalue weighted by molar-refractivity contribution is 7.98. The molecule has 3 nitrogen and oxygen atoms in total. The van der Waals surface area contributed by atoms with Gasteiger partial charge in [0.2, 0.25) is 0 Å². The lowest BCUT2D eigenvalue weighted by molar-refractivity contribution is -0.142. The van der Waals surface area contributed by atoms with Gasteiger partial charge in [0.05, 0.1) is 0 Å². The molecule has 0 aromatic carbocycles. The van der Waals surface area contributed by atoms with Gasteiger partial charge < -0.3 is 5.11 Å². The van der Waals surface area contributed by atoms with Gasteiger partial charge in [-0.1, -0.05) is 6.92 Å². The largest absolute Gasteiger partial charge is 0.480 e. The van der Waals surface area contributed by atoms with Crippen LogP contribution in [0.5, 0.6) is 0 Å². The molecule has 0 aromatic heterocycles. The zero-order chi connectivity index (χ0) is 9.56. The predicted octanol–water partition coefficient (Wildman–Crippen LogP) is 1.14. The molecular weight excluding hydrogens is 174 g/mol. The van der Waals surface area contributed by atoms with Crippen LogP contribution >= 0.6 is 11.8 Å². The fourth-order valence-electron chi connectivity index (χ4n) is 0.982. The number of nitrogens with zero attached hydrogens (tertiary/aromatic N) is 1. The van der Waals surface area contributed by atoms with Crippen LogP contribution in [-0.2, 0) is 4.79 Å². The number of aliphatic carboxylic acids is 1. The first-order valence-electron chi connectivity index (χ1n) is 4.05. The zero-order valence-electron chi connectivity index (χ0n) is 7.91. The number of rotatable bonds is 6. The molecule has 0 aliphatic carbocycles. The Labute approximate surface area is 78.1 Å². The monoisotopic (exact) mass is 191 g/mol. The Hall–Kier alpha value is -0.220. The van der Waals surface area contributed by atoms with E-state index in [1.807, 2.05) is 25.1 Å². The number of carboxylic acids is 1. The molecule has 1 atom stereocenters. The molecule has 0 spiro atoms. The van der Waals surface area contributed by atoms with E-state index in [0.717, 1.165) is 18.7 Å². The van der Waals surface area contributed by atoms with Gasteiger partial charge in [-0.2, -0.15) is 11.8 Å². The van der Waals surface area contributed by atoms with Crippen molar-refractivity contribution in [1.29, 1.82) is 0 Å². The maximum atomic E-state index is 10.8. The van der Waals surface area contributed by atoms with Crippen molar-refractivity contribution in [1.82, 2.24) is 4.90 Å². The minimum atomic E-state index is -0.714. The van der Waals surface area contributed by atoms with Crippen molar-refractivity contribution in [2.75, 3.05) is 25.6 Å². The summed E-state index contributed by atoms with van der Waals surface area (Å²) in [5.41, 5.74) is 0. The maximum absolute atomic E-state index is 10.8. The number of carbonyl (C=O) groups is 1. The summed E-state index contributed by atoms with van der Waals surface area (Å²) in [5, 5.41) is 8.85. The van der Waals surface area contributed by atoms with Crippen LogP contribution in [0.2, 0.25) is 0 Å². The molecule has 1 unspecified atom stereocenters. The summed E-state index contributed by atoms with van der Waals surface area (Å²) in [7, 11) is 1.85. The Bertz CT molecular complexity index is 141. The molecule has 0 radical (unpaired) electrons. The first kappa shape index (κ1) is 11.8. The van der Waals surface area contributed by atoms with E-state index in [4.69, 9.17) is 5.11 Å². The highest BCUT2D eigenvalue weighted by Crippen LogP contribution is 2.06. The van der Waals surface area contributed by atoms with Gasteiger partial charge in [-0.25, -0.2) is 0 Å². The van der Waals surface area contributed by atoms with Crippen molar-refractivity contribution < 1.29 is 9.90 Å². The maximum Gasteiger partial charge on any atom is 0.320 e. The molecule has 1 N–H and O–H groups in total. The van der Waals surface area contributed by atoms with Gasteiger partial charge in [0.25, 0.3) is 0 Å². The van der Waals surface area contributed by atoms with Crippen molar-refractivity contribution in [2.45, 2.75) is 19.4 Å². The molecule has 0 saturated carbocycles. The van der Waals surface area contributed by atoms with Crippen LogP contribution in [-0.4, -0.2) is 47.6 Å². The fourth-order valence-corrected chi connectivity index (χ4v) is 1.44. The predicted molar refractivity (Wildman–Crippen MR) is 52.7 cm³/mol. The number of thioether (sulfide) groups is 1. The lowest BCUT2D eigenvalue weighted by Crippen LogP contribution is -2.38. The van der Waals surface area contributed by atoms with Crippen molar-refractivity contribution >= 4 is 17.7 Å². The van der Waals surface area contributed by atoms with Crippen molar-refractivity contribution in [3.8, 4) is 0 Å². The van der Waals surface area contributed by atoms with Crippen LogP contribution in [0.4, 0.5) is 0 Å². The van der Waals surface area contributed by atoms with Crippen molar-refractivity contribution in [2.24, 2.45) is 0 Å². The molecule has 0 fully saturated rings. The van der Waals surface area contributed by atoms with E-state index < -0.39 is 5.97 Å². The second-order valence-corrected chi connectivity index (χ2v) is 3.69. The molecular formula is C8H17NO2S. The minimum absolute atomic E-state index is 0.317. The average Bonchev–Trinajstić information content (AvgIpc) is 2.04. The average molecular weight is 191 g/mol. The number of likely N-dealkylation sites (N-methyl/N-ethyl adjacent to an activating group) is 1. The number of hydrogen-bond acceptors (Lipinski definition) is 3. The first-order valence-corrected chi connectivity index (χ1v) is 5.44. The van der Waals surface area contributed by atoms with Crippen LogP contribution in [0.3, 0.4) is 0 Å². The summed E-state index contributed by atoms with van der Waals surface area (Å²) < 4.78 is 0. The summed E-state index contributed by atoms with van der Waals surface area (Å²) in [6.07, 6.45) is 2.71. The topological polar surface area (TPSA) is 40.5 Å². The third-order valence-corrected chi connectivity index (χ3v) is 2.56. The zero-order valence-corrected chi connectivity index (χ0v) is 8.73. The second kappa shape index (κ2) is 6.31. The molecule has 12 heavy (non-hydrogen) atoms. The minimum Gasteiger partial charge on any atom is -0.480 e. The molecule has 72 valence electrons. The summed E-state index contributed by atoms with van der Waals surface area (Å²) in [4.78, 5) is 12.6. The Morgan fingerprint density at radius 1 is 1.67 bits per heavy atom. The van der Waals surface area contributed by atoms with Crippen molar-refractivity contribution in [3.05, 3.63) is 0 Å². The van der Waals surface area contributed by atoms with Gasteiger partial charge in [0.1, 0.15) is 6.04 Å². The number of carboxylic acid groups (broad SMARTS) is 1. The number of hydrogen-bond donors (Lipinski definition) is 1. The van der Waals surface area contributed by atoms with Gasteiger partial charge in [0.15, 0.2) is 0 Å². The quantitative estimate of drug-likeness (QED) is 0.683. The molecule has 0 aliphatic heterocycles. The molecule has 0 rings (SSSR count). The van der Waals surface area contributed by atoms with E-state index in [0.29, 0.717) is 0 Å². The van der Waals surface area contributed by atoms with Gasteiger partial charge in [-0.3, -0.25) is 9.69 Å². The molecule has 0 aliphatic rings. The van der Waals surface area contributed by atoms with Crippen LogP contribution in [0, 0.1) is 0 Å². The van der Waals surface area contributed by atoms with Gasteiger partial charge in [-0.15, -0.1) is 0 Å². The van der Waals surface area contributed by atoms with E-state index in [2.05, 4.69) is 0 Å². The Balaban J connectivity index is 3.94. The summed E-state index contributed by atoms with van der Waals surface area (Å²) in [6.45, 7) is 2.75. The first-order chi connectivity index (χ1) is 5.63. The molecule has 0 saturated heterocycles. The van der Waals surface area contributed by atoms with E-state index in [-0.39, 0.29) is 6.04 Å².